The second kappa shape index (κ2) is 8.57. The number of thioether (sulfide) groups is 1. The van der Waals surface area contributed by atoms with E-state index in [4.69, 9.17) is 4.42 Å². The van der Waals surface area contributed by atoms with Crippen LogP contribution in [0, 0.1) is 0 Å². The lowest BCUT2D eigenvalue weighted by molar-refractivity contribution is 0.529. The van der Waals surface area contributed by atoms with Gasteiger partial charge in [0.1, 0.15) is 5.76 Å². The van der Waals surface area contributed by atoms with Crippen LogP contribution in [0.25, 0.3) is 33.6 Å². The number of benzene rings is 3. The molecule has 0 atom stereocenters. The largest absolute Gasteiger partial charge is 0.422 e. The predicted octanol–water partition coefficient (Wildman–Crippen LogP) is 5.77. The molecule has 0 aliphatic rings. The molecular weight excluding hydrogens is 428 g/mol. The van der Waals surface area contributed by atoms with Gasteiger partial charge >= 0.3 is 5.63 Å². The second-order valence-corrected chi connectivity index (χ2v) is 9.97. The fraction of sp³-hybridized carbons (Fsp3) is 0.0800. The van der Waals surface area contributed by atoms with E-state index < -0.39 is 15.5 Å². The van der Waals surface area contributed by atoms with Gasteiger partial charge in [-0.1, -0.05) is 54.6 Å². The van der Waals surface area contributed by atoms with Crippen molar-refractivity contribution in [3.8, 4) is 33.6 Å². The van der Waals surface area contributed by atoms with E-state index in [1.807, 2.05) is 66.9 Å². The normalized spacial score (nSPS) is 11.4. The molecule has 0 bridgehead atoms. The van der Waals surface area contributed by atoms with Crippen LogP contribution in [0.5, 0.6) is 0 Å². The molecule has 0 N–H and O–H groups in total. The molecule has 0 saturated carbocycles. The molecule has 0 unspecified atom stereocenters. The summed E-state index contributed by atoms with van der Waals surface area (Å²) in [5, 5.41) is 0. The lowest BCUT2D eigenvalue weighted by atomic mass is 9.95. The Morgan fingerprint density at radius 2 is 1.39 bits per heavy atom. The maximum Gasteiger partial charge on any atom is 0.344 e. The minimum Gasteiger partial charge on any atom is -0.422 e. The fourth-order valence-electron chi connectivity index (χ4n) is 3.38. The smallest absolute Gasteiger partial charge is 0.344 e. The summed E-state index contributed by atoms with van der Waals surface area (Å²) < 4.78 is 29.4. The molecule has 0 fully saturated rings. The highest BCUT2D eigenvalue weighted by atomic mass is 32.2. The number of hydrogen-bond donors (Lipinski definition) is 0. The lowest BCUT2D eigenvalue weighted by Crippen LogP contribution is -2.06. The van der Waals surface area contributed by atoms with E-state index in [-0.39, 0.29) is 4.90 Å². The average molecular weight is 449 g/mol. The van der Waals surface area contributed by atoms with Gasteiger partial charge in [-0.3, -0.25) is 0 Å². The van der Waals surface area contributed by atoms with E-state index in [0.717, 1.165) is 21.6 Å². The van der Waals surface area contributed by atoms with E-state index in [1.165, 1.54) is 6.26 Å². The van der Waals surface area contributed by atoms with Crippen LogP contribution in [0.15, 0.2) is 104 Å². The number of hydrogen-bond acceptors (Lipinski definition) is 5. The Kier molecular flexibility index (Phi) is 5.85. The third-order valence-corrected chi connectivity index (χ3v) is 6.85. The summed E-state index contributed by atoms with van der Waals surface area (Å²) in [7, 11) is -3.31. The molecule has 0 radical (unpaired) electrons. The Labute approximate surface area is 185 Å². The topological polar surface area (TPSA) is 64.3 Å². The molecule has 1 heterocycles. The summed E-state index contributed by atoms with van der Waals surface area (Å²) in [4.78, 5) is 14.4. The third-order valence-electron chi connectivity index (χ3n) is 4.98. The monoisotopic (exact) mass is 448 g/mol. The zero-order chi connectivity index (χ0) is 22.0. The van der Waals surface area contributed by atoms with Gasteiger partial charge < -0.3 is 4.42 Å². The van der Waals surface area contributed by atoms with E-state index >= 15 is 0 Å². The second-order valence-electron chi connectivity index (χ2n) is 7.08. The molecule has 0 spiro atoms. The van der Waals surface area contributed by atoms with E-state index in [1.54, 1.807) is 36.0 Å². The summed E-state index contributed by atoms with van der Waals surface area (Å²) in [6, 6.07) is 25.5. The Balaban J connectivity index is 1.93. The Morgan fingerprint density at radius 3 is 1.97 bits per heavy atom. The first kappa shape index (κ1) is 21.2. The van der Waals surface area contributed by atoms with Gasteiger partial charge in [-0.25, -0.2) is 13.2 Å². The van der Waals surface area contributed by atoms with Crippen LogP contribution in [-0.2, 0) is 9.84 Å². The van der Waals surface area contributed by atoms with Crippen molar-refractivity contribution in [1.82, 2.24) is 0 Å². The highest BCUT2D eigenvalue weighted by Gasteiger charge is 2.17. The molecule has 0 aliphatic heterocycles. The van der Waals surface area contributed by atoms with Crippen LogP contribution in [0.2, 0.25) is 0 Å². The van der Waals surface area contributed by atoms with Crippen molar-refractivity contribution in [1.29, 1.82) is 0 Å². The highest BCUT2D eigenvalue weighted by Crippen LogP contribution is 2.34. The Hall–Kier alpha value is -3.09. The Morgan fingerprint density at radius 1 is 0.774 bits per heavy atom. The summed E-state index contributed by atoms with van der Waals surface area (Å²) in [5.41, 5.74) is 2.95. The van der Waals surface area contributed by atoms with Crippen molar-refractivity contribution in [2.45, 2.75) is 9.79 Å². The van der Waals surface area contributed by atoms with Gasteiger partial charge in [0.15, 0.2) is 9.84 Å². The van der Waals surface area contributed by atoms with Gasteiger partial charge in [0, 0.05) is 22.3 Å². The summed E-state index contributed by atoms with van der Waals surface area (Å²) in [6.45, 7) is 0. The van der Waals surface area contributed by atoms with E-state index in [0.29, 0.717) is 16.9 Å². The first-order valence-electron chi connectivity index (χ1n) is 9.55. The molecule has 4 aromatic rings. The van der Waals surface area contributed by atoms with Gasteiger partial charge in [0.2, 0.25) is 0 Å². The predicted molar refractivity (Wildman–Crippen MR) is 126 cm³/mol. The lowest BCUT2D eigenvalue weighted by Gasteiger charge is -2.12. The van der Waals surface area contributed by atoms with Gasteiger partial charge in [-0.15, -0.1) is 11.8 Å². The fourth-order valence-corrected chi connectivity index (χ4v) is 4.42. The van der Waals surface area contributed by atoms with E-state index in [9.17, 15) is 13.2 Å². The molecule has 0 saturated heterocycles. The van der Waals surface area contributed by atoms with Gasteiger partial charge in [-0.2, -0.15) is 0 Å². The molecule has 0 amide bonds. The zero-order valence-corrected chi connectivity index (χ0v) is 18.7. The average Bonchev–Trinajstić information content (AvgIpc) is 2.78. The maximum absolute atomic E-state index is 13.1. The van der Waals surface area contributed by atoms with Crippen molar-refractivity contribution < 1.29 is 12.8 Å². The minimum absolute atomic E-state index is 0.230. The van der Waals surface area contributed by atoms with Crippen molar-refractivity contribution >= 4 is 21.6 Å². The van der Waals surface area contributed by atoms with Crippen molar-refractivity contribution in [2.75, 3.05) is 12.5 Å². The Bertz CT molecular complexity index is 1370. The third kappa shape index (κ3) is 4.50. The van der Waals surface area contributed by atoms with Crippen LogP contribution >= 0.6 is 11.8 Å². The molecule has 156 valence electrons. The van der Waals surface area contributed by atoms with Crippen molar-refractivity contribution in [2.24, 2.45) is 0 Å². The SMILES string of the molecule is CSc1ccc(-c2cc(-c3ccc(S(C)(=O)=O)cc3)c(-c3ccccc3)c(=O)o2)cc1. The standard InChI is InChI=1S/C25H20O4S2/c1-30-20-12-8-18(9-13-20)23-16-22(17-10-14-21(15-11-17)31(2,27)28)24(25(26)29-23)19-6-4-3-5-7-19/h3-16H,1-2H3. The summed E-state index contributed by atoms with van der Waals surface area (Å²) in [6.07, 6.45) is 3.17. The molecule has 1 aromatic heterocycles. The van der Waals surface area contributed by atoms with Crippen molar-refractivity contribution in [3.05, 3.63) is 95.3 Å². The summed E-state index contributed by atoms with van der Waals surface area (Å²) >= 11 is 1.64. The van der Waals surface area contributed by atoms with Crippen LogP contribution in [0.1, 0.15) is 0 Å². The first-order chi connectivity index (χ1) is 14.9. The minimum atomic E-state index is -3.31. The molecule has 4 nitrogen and oxygen atoms in total. The molecule has 6 heteroatoms. The summed E-state index contributed by atoms with van der Waals surface area (Å²) in [5.74, 6) is 0.458. The van der Waals surface area contributed by atoms with Gasteiger partial charge in [0.25, 0.3) is 0 Å². The highest BCUT2D eigenvalue weighted by molar-refractivity contribution is 7.98. The molecule has 4 rings (SSSR count). The van der Waals surface area contributed by atoms with Crippen LogP contribution in [-0.4, -0.2) is 20.9 Å². The molecule has 3 aromatic carbocycles. The maximum atomic E-state index is 13.1. The van der Waals surface area contributed by atoms with E-state index in [2.05, 4.69) is 0 Å². The number of sulfone groups is 1. The first-order valence-corrected chi connectivity index (χ1v) is 12.7. The van der Waals surface area contributed by atoms with Crippen molar-refractivity contribution in [3.63, 3.8) is 0 Å². The zero-order valence-electron chi connectivity index (χ0n) is 17.0. The number of rotatable bonds is 5. The van der Waals surface area contributed by atoms with Crippen LogP contribution < -0.4 is 5.63 Å². The van der Waals surface area contributed by atoms with Gasteiger partial charge in [0.05, 0.1) is 10.5 Å². The van der Waals surface area contributed by atoms with Crippen LogP contribution in [0.4, 0.5) is 0 Å². The molecule has 0 aliphatic carbocycles. The van der Waals surface area contributed by atoms with Gasteiger partial charge in [-0.05, 0) is 47.7 Å². The van der Waals surface area contributed by atoms with Crippen LogP contribution in [0.3, 0.4) is 0 Å². The quantitative estimate of drug-likeness (QED) is 0.363. The molecule has 31 heavy (non-hydrogen) atoms. The molecular formula is C25H20O4S2.